The summed E-state index contributed by atoms with van der Waals surface area (Å²) in [4.78, 5) is 16.8. The molecule has 3 rings (SSSR count). The van der Waals surface area contributed by atoms with E-state index in [9.17, 15) is 4.79 Å². The minimum Gasteiger partial charge on any atom is -0.364 e. The second kappa shape index (κ2) is 8.02. The molecule has 0 radical (unpaired) electrons. The van der Waals surface area contributed by atoms with Crippen LogP contribution in [0.3, 0.4) is 0 Å². The maximum Gasteiger partial charge on any atom is 0.257 e. The summed E-state index contributed by atoms with van der Waals surface area (Å²) in [6.07, 6.45) is 1.56. The molecule has 1 unspecified atom stereocenters. The van der Waals surface area contributed by atoms with Crippen molar-refractivity contribution in [1.82, 2.24) is 4.98 Å². The van der Waals surface area contributed by atoms with Crippen LogP contribution in [0, 0.1) is 6.92 Å². The SMILES string of the molecule is Cc1c(Cl)cccc1NC(=O)c1ccc(NC(C)c2ccccc2)nc1. The monoisotopic (exact) mass is 365 g/mol. The number of benzene rings is 2. The molecule has 2 aromatic carbocycles. The molecule has 0 saturated carbocycles. The lowest BCUT2D eigenvalue weighted by Crippen LogP contribution is -2.14. The fourth-order valence-electron chi connectivity index (χ4n) is 2.60. The molecule has 132 valence electrons. The average Bonchev–Trinajstić information content (AvgIpc) is 2.66. The molecule has 1 aromatic heterocycles. The number of nitrogens with zero attached hydrogens (tertiary/aromatic N) is 1. The predicted molar refractivity (Wildman–Crippen MR) is 107 cm³/mol. The highest BCUT2D eigenvalue weighted by atomic mass is 35.5. The predicted octanol–water partition coefficient (Wildman–Crippen LogP) is 5.47. The van der Waals surface area contributed by atoms with Crippen LogP contribution in [0.2, 0.25) is 5.02 Å². The number of pyridine rings is 1. The minimum atomic E-state index is -0.217. The Balaban J connectivity index is 1.67. The third kappa shape index (κ3) is 4.21. The lowest BCUT2D eigenvalue weighted by atomic mass is 10.1. The molecule has 0 aliphatic carbocycles. The summed E-state index contributed by atoms with van der Waals surface area (Å²) in [6.45, 7) is 3.94. The summed E-state index contributed by atoms with van der Waals surface area (Å²) in [5.74, 6) is 0.502. The van der Waals surface area contributed by atoms with Gasteiger partial charge in [0, 0.05) is 22.9 Å². The second-order valence-corrected chi connectivity index (χ2v) is 6.48. The van der Waals surface area contributed by atoms with Crippen molar-refractivity contribution in [3.05, 3.63) is 88.6 Å². The molecule has 0 bridgehead atoms. The van der Waals surface area contributed by atoms with E-state index in [-0.39, 0.29) is 11.9 Å². The van der Waals surface area contributed by atoms with E-state index in [1.54, 1.807) is 30.5 Å². The zero-order valence-electron chi connectivity index (χ0n) is 14.7. The molecule has 0 aliphatic rings. The van der Waals surface area contributed by atoms with Crippen LogP contribution in [-0.2, 0) is 0 Å². The number of carbonyl (C=O) groups is 1. The van der Waals surface area contributed by atoms with Crippen molar-refractivity contribution in [2.75, 3.05) is 10.6 Å². The number of halogens is 1. The smallest absolute Gasteiger partial charge is 0.257 e. The van der Waals surface area contributed by atoms with Crippen molar-refractivity contribution in [3.8, 4) is 0 Å². The first-order valence-electron chi connectivity index (χ1n) is 8.38. The first-order chi connectivity index (χ1) is 12.5. The van der Waals surface area contributed by atoms with Crippen LogP contribution in [0.1, 0.15) is 34.5 Å². The minimum absolute atomic E-state index is 0.123. The zero-order valence-corrected chi connectivity index (χ0v) is 15.4. The van der Waals surface area contributed by atoms with Gasteiger partial charge in [0.1, 0.15) is 5.82 Å². The Morgan fingerprint density at radius 1 is 1.04 bits per heavy atom. The molecule has 1 amide bonds. The van der Waals surface area contributed by atoms with Crippen molar-refractivity contribution in [2.24, 2.45) is 0 Å². The largest absolute Gasteiger partial charge is 0.364 e. The van der Waals surface area contributed by atoms with Gasteiger partial charge in [-0.2, -0.15) is 0 Å². The Labute approximate surface area is 158 Å². The molecular weight excluding hydrogens is 346 g/mol. The average molecular weight is 366 g/mol. The number of nitrogens with one attached hydrogen (secondary N) is 2. The van der Waals surface area contributed by atoms with Gasteiger partial charge in [-0.15, -0.1) is 0 Å². The Morgan fingerprint density at radius 2 is 1.81 bits per heavy atom. The topological polar surface area (TPSA) is 54.0 Å². The molecule has 1 atom stereocenters. The van der Waals surface area contributed by atoms with E-state index >= 15 is 0 Å². The molecule has 0 spiro atoms. The summed E-state index contributed by atoms with van der Waals surface area (Å²) in [7, 11) is 0. The Morgan fingerprint density at radius 3 is 2.50 bits per heavy atom. The van der Waals surface area contributed by atoms with Crippen LogP contribution in [0.5, 0.6) is 0 Å². The van der Waals surface area contributed by atoms with E-state index in [2.05, 4.69) is 34.7 Å². The number of aromatic nitrogens is 1. The van der Waals surface area contributed by atoms with Crippen molar-refractivity contribution < 1.29 is 4.79 Å². The molecule has 5 heteroatoms. The van der Waals surface area contributed by atoms with E-state index in [1.807, 2.05) is 31.2 Å². The normalized spacial score (nSPS) is 11.7. The highest BCUT2D eigenvalue weighted by molar-refractivity contribution is 6.31. The highest BCUT2D eigenvalue weighted by Crippen LogP contribution is 2.23. The van der Waals surface area contributed by atoms with E-state index < -0.39 is 0 Å². The summed E-state index contributed by atoms with van der Waals surface area (Å²) >= 11 is 6.09. The van der Waals surface area contributed by atoms with Gasteiger partial charge in [0.15, 0.2) is 0 Å². The van der Waals surface area contributed by atoms with Gasteiger partial charge in [0.25, 0.3) is 5.91 Å². The van der Waals surface area contributed by atoms with Crippen molar-refractivity contribution in [1.29, 1.82) is 0 Å². The van der Waals surface area contributed by atoms with Gasteiger partial charge < -0.3 is 10.6 Å². The third-order valence-electron chi connectivity index (χ3n) is 4.21. The Bertz CT molecular complexity index is 895. The molecule has 26 heavy (non-hydrogen) atoms. The van der Waals surface area contributed by atoms with E-state index in [0.29, 0.717) is 16.3 Å². The standard InChI is InChI=1S/C21H20ClN3O/c1-14-18(22)9-6-10-19(14)25-21(26)17-11-12-20(23-13-17)24-15(2)16-7-4-3-5-8-16/h3-13,15H,1-2H3,(H,23,24)(H,25,26). The van der Waals surface area contributed by atoms with Crippen LogP contribution < -0.4 is 10.6 Å². The summed E-state index contributed by atoms with van der Waals surface area (Å²) < 4.78 is 0. The number of hydrogen-bond donors (Lipinski definition) is 2. The molecule has 4 nitrogen and oxygen atoms in total. The second-order valence-electron chi connectivity index (χ2n) is 6.08. The molecular formula is C21H20ClN3O. The molecule has 0 saturated heterocycles. The number of rotatable bonds is 5. The molecule has 0 aliphatic heterocycles. The molecule has 2 N–H and O–H groups in total. The van der Waals surface area contributed by atoms with E-state index in [4.69, 9.17) is 11.6 Å². The van der Waals surface area contributed by atoms with Gasteiger partial charge in [-0.1, -0.05) is 48.0 Å². The Kier molecular flexibility index (Phi) is 5.54. The highest BCUT2D eigenvalue weighted by Gasteiger charge is 2.11. The van der Waals surface area contributed by atoms with Crippen LogP contribution >= 0.6 is 11.6 Å². The van der Waals surface area contributed by atoms with Gasteiger partial charge in [-0.3, -0.25) is 4.79 Å². The zero-order chi connectivity index (χ0) is 18.5. The van der Waals surface area contributed by atoms with Gasteiger partial charge >= 0.3 is 0 Å². The number of amides is 1. The fourth-order valence-corrected chi connectivity index (χ4v) is 2.77. The third-order valence-corrected chi connectivity index (χ3v) is 4.61. The number of anilines is 2. The van der Waals surface area contributed by atoms with Gasteiger partial charge in [0.05, 0.1) is 5.56 Å². The summed E-state index contributed by atoms with van der Waals surface area (Å²) in [6, 6.07) is 19.2. The number of carbonyl (C=O) groups excluding carboxylic acids is 1. The summed E-state index contributed by atoms with van der Waals surface area (Å²) in [5, 5.41) is 6.82. The fraction of sp³-hybridized carbons (Fsp3) is 0.143. The van der Waals surface area contributed by atoms with Gasteiger partial charge in [-0.05, 0) is 49.2 Å². The van der Waals surface area contributed by atoms with Crippen LogP contribution in [0.4, 0.5) is 11.5 Å². The van der Waals surface area contributed by atoms with Crippen LogP contribution in [0.25, 0.3) is 0 Å². The molecule has 1 heterocycles. The van der Waals surface area contributed by atoms with Crippen molar-refractivity contribution in [3.63, 3.8) is 0 Å². The first-order valence-corrected chi connectivity index (χ1v) is 8.76. The lowest BCUT2D eigenvalue weighted by Gasteiger charge is -2.15. The Hall–Kier alpha value is -2.85. The van der Waals surface area contributed by atoms with E-state index in [1.165, 1.54) is 5.56 Å². The lowest BCUT2D eigenvalue weighted by molar-refractivity contribution is 0.102. The quantitative estimate of drug-likeness (QED) is 0.630. The van der Waals surface area contributed by atoms with Crippen LogP contribution in [-0.4, -0.2) is 10.9 Å². The van der Waals surface area contributed by atoms with Crippen molar-refractivity contribution in [2.45, 2.75) is 19.9 Å². The first kappa shape index (κ1) is 18.0. The van der Waals surface area contributed by atoms with Gasteiger partial charge in [-0.25, -0.2) is 4.98 Å². The maximum atomic E-state index is 12.4. The molecule has 0 fully saturated rings. The molecule has 3 aromatic rings. The van der Waals surface area contributed by atoms with Crippen LogP contribution in [0.15, 0.2) is 66.9 Å². The van der Waals surface area contributed by atoms with Crippen molar-refractivity contribution >= 4 is 29.0 Å². The number of hydrogen-bond acceptors (Lipinski definition) is 3. The maximum absolute atomic E-state index is 12.4. The van der Waals surface area contributed by atoms with Gasteiger partial charge in [0.2, 0.25) is 0 Å². The summed E-state index contributed by atoms with van der Waals surface area (Å²) in [5.41, 5.74) is 3.20. The van der Waals surface area contributed by atoms with E-state index in [0.717, 1.165) is 11.4 Å².